The zero-order chi connectivity index (χ0) is 13.3. The van der Waals surface area contributed by atoms with Crippen molar-refractivity contribution < 1.29 is 9.53 Å². The van der Waals surface area contributed by atoms with Crippen LogP contribution in [-0.4, -0.2) is 5.97 Å². The van der Waals surface area contributed by atoms with Gasteiger partial charge in [-0.1, -0.05) is 36.4 Å². The summed E-state index contributed by atoms with van der Waals surface area (Å²) < 4.78 is 5.71. The minimum atomic E-state index is -0.510. The van der Waals surface area contributed by atoms with Gasteiger partial charge >= 0.3 is 5.97 Å². The van der Waals surface area contributed by atoms with Crippen molar-refractivity contribution in [3.63, 3.8) is 0 Å². The molecule has 2 rings (SSSR count). The maximum absolute atomic E-state index is 11.8. The summed E-state index contributed by atoms with van der Waals surface area (Å²) in [5, 5.41) is 0. The van der Waals surface area contributed by atoms with E-state index in [0.717, 1.165) is 18.4 Å². The second-order valence-corrected chi connectivity index (χ2v) is 5.42. The molecule has 0 spiro atoms. The number of aryl methyl sites for hydroxylation is 1. The minimum absolute atomic E-state index is 0.301. The standard InChI is InChI=1S/C16H20O2/c1-11(2)15(17)18-16(4,14-9-10-14)13-7-5-12(3)6-8-13/h5-8,14H,1,9-10H2,2-4H3. The van der Waals surface area contributed by atoms with E-state index in [9.17, 15) is 4.79 Å². The predicted molar refractivity (Wildman–Crippen MR) is 72.2 cm³/mol. The van der Waals surface area contributed by atoms with E-state index in [1.165, 1.54) is 5.56 Å². The number of benzene rings is 1. The molecule has 0 radical (unpaired) electrons. The normalized spacial score (nSPS) is 17.9. The summed E-state index contributed by atoms with van der Waals surface area (Å²) in [6.45, 7) is 9.40. The van der Waals surface area contributed by atoms with Gasteiger partial charge in [0, 0.05) is 11.5 Å². The lowest BCUT2D eigenvalue weighted by molar-refractivity contribution is -0.156. The molecule has 1 saturated carbocycles. The molecule has 2 nitrogen and oxygen atoms in total. The fraction of sp³-hybridized carbons (Fsp3) is 0.438. The zero-order valence-corrected chi connectivity index (χ0v) is 11.3. The highest BCUT2D eigenvalue weighted by Gasteiger charge is 2.46. The smallest absolute Gasteiger partial charge is 0.333 e. The summed E-state index contributed by atoms with van der Waals surface area (Å²) in [5.74, 6) is 0.133. The third-order valence-corrected chi connectivity index (χ3v) is 3.63. The molecule has 2 heteroatoms. The lowest BCUT2D eigenvalue weighted by Gasteiger charge is -2.30. The molecule has 0 aromatic heterocycles. The SMILES string of the molecule is C=C(C)C(=O)OC(C)(c1ccc(C)cc1)C1CC1. The van der Waals surface area contributed by atoms with Crippen LogP contribution in [0.4, 0.5) is 0 Å². The van der Waals surface area contributed by atoms with Crippen LogP contribution in [0.25, 0.3) is 0 Å². The summed E-state index contributed by atoms with van der Waals surface area (Å²) in [4.78, 5) is 11.8. The van der Waals surface area contributed by atoms with Crippen LogP contribution >= 0.6 is 0 Å². The first-order valence-electron chi connectivity index (χ1n) is 6.39. The summed E-state index contributed by atoms with van der Waals surface area (Å²) in [7, 11) is 0. The first-order chi connectivity index (χ1) is 8.43. The molecule has 18 heavy (non-hydrogen) atoms. The van der Waals surface area contributed by atoms with Crippen molar-refractivity contribution in [2.45, 2.75) is 39.2 Å². The van der Waals surface area contributed by atoms with Crippen molar-refractivity contribution in [2.24, 2.45) is 5.92 Å². The van der Waals surface area contributed by atoms with Gasteiger partial charge in [0.05, 0.1) is 0 Å². The Bertz CT molecular complexity index is 468. The second kappa shape index (κ2) is 4.60. The quantitative estimate of drug-likeness (QED) is 0.595. The van der Waals surface area contributed by atoms with Crippen LogP contribution in [-0.2, 0) is 15.1 Å². The van der Waals surface area contributed by atoms with E-state index >= 15 is 0 Å². The third-order valence-electron chi connectivity index (χ3n) is 3.63. The molecule has 0 N–H and O–H groups in total. The number of carbonyl (C=O) groups is 1. The molecule has 0 bridgehead atoms. The first kappa shape index (κ1) is 12.9. The highest BCUT2D eigenvalue weighted by molar-refractivity contribution is 5.87. The van der Waals surface area contributed by atoms with Gasteiger partial charge in [-0.25, -0.2) is 4.79 Å². The van der Waals surface area contributed by atoms with Gasteiger partial charge in [0.1, 0.15) is 5.60 Å². The Hall–Kier alpha value is -1.57. The van der Waals surface area contributed by atoms with Crippen molar-refractivity contribution in [3.05, 3.63) is 47.5 Å². The highest BCUT2D eigenvalue weighted by Crippen LogP contribution is 2.48. The third kappa shape index (κ3) is 2.47. The summed E-state index contributed by atoms with van der Waals surface area (Å²) >= 11 is 0. The van der Waals surface area contributed by atoms with Crippen molar-refractivity contribution in [2.75, 3.05) is 0 Å². The molecule has 1 aliphatic carbocycles. The number of hydrogen-bond acceptors (Lipinski definition) is 2. The number of esters is 1. The molecule has 1 unspecified atom stereocenters. The van der Waals surface area contributed by atoms with Gasteiger partial charge in [0.15, 0.2) is 0 Å². The number of hydrogen-bond donors (Lipinski definition) is 0. The van der Waals surface area contributed by atoms with Gasteiger partial charge in [-0.2, -0.15) is 0 Å². The number of ether oxygens (including phenoxy) is 1. The summed E-state index contributed by atoms with van der Waals surface area (Å²) in [5.41, 5.74) is 2.23. The molecule has 1 aliphatic rings. The molecule has 1 atom stereocenters. The lowest BCUT2D eigenvalue weighted by Crippen LogP contribution is -2.31. The van der Waals surface area contributed by atoms with Crippen LogP contribution in [0.3, 0.4) is 0 Å². The second-order valence-electron chi connectivity index (χ2n) is 5.42. The van der Waals surface area contributed by atoms with E-state index in [2.05, 4.69) is 37.8 Å². The van der Waals surface area contributed by atoms with Crippen LogP contribution in [0.1, 0.15) is 37.8 Å². The fourth-order valence-corrected chi connectivity index (χ4v) is 2.18. The highest BCUT2D eigenvalue weighted by atomic mass is 16.6. The maximum atomic E-state index is 11.8. The van der Waals surface area contributed by atoms with Gasteiger partial charge in [-0.3, -0.25) is 0 Å². The van der Waals surface area contributed by atoms with E-state index in [0.29, 0.717) is 11.5 Å². The van der Waals surface area contributed by atoms with Crippen molar-refractivity contribution in [1.82, 2.24) is 0 Å². The zero-order valence-electron chi connectivity index (χ0n) is 11.3. The fourth-order valence-electron chi connectivity index (χ4n) is 2.18. The molecule has 0 aliphatic heterocycles. The predicted octanol–water partition coefficient (Wildman–Crippen LogP) is 3.74. The first-order valence-corrected chi connectivity index (χ1v) is 6.39. The monoisotopic (exact) mass is 244 g/mol. The average molecular weight is 244 g/mol. The largest absolute Gasteiger partial charge is 0.451 e. The average Bonchev–Trinajstić information content (AvgIpc) is 3.13. The summed E-state index contributed by atoms with van der Waals surface area (Å²) in [6, 6.07) is 8.23. The van der Waals surface area contributed by atoms with Crippen molar-refractivity contribution in [3.8, 4) is 0 Å². The Morgan fingerprint density at radius 3 is 2.33 bits per heavy atom. The van der Waals surface area contributed by atoms with Gasteiger partial charge in [-0.15, -0.1) is 0 Å². The van der Waals surface area contributed by atoms with Crippen LogP contribution in [0.5, 0.6) is 0 Å². The van der Waals surface area contributed by atoms with Gasteiger partial charge < -0.3 is 4.74 Å². The molecule has 0 amide bonds. The molecular formula is C16H20O2. The van der Waals surface area contributed by atoms with Crippen LogP contribution in [0.15, 0.2) is 36.4 Å². The van der Waals surface area contributed by atoms with E-state index in [4.69, 9.17) is 4.74 Å². The molecule has 96 valence electrons. The Labute approximate surface area is 109 Å². The number of rotatable bonds is 4. The topological polar surface area (TPSA) is 26.3 Å². The Balaban J connectivity index is 2.29. The number of carbonyl (C=O) groups excluding carboxylic acids is 1. The van der Waals surface area contributed by atoms with Crippen LogP contribution in [0, 0.1) is 12.8 Å². The molecule has 0 heterocycles. The van der Waals surface area contributed by atoms with Crippen molar-refractivity contribution >= 4 is 5.97 Å². The van der Waals surface area contributed by atoms with E-state index in [1.54, 1.807) is 6.92 Å². The molecule has 1 aromatic rings. The Kier molecular flexibility index (Phi) is 3.29. The molecule has 1 aromatic carbocycles. The summed E-state index contributed by atoms with van der Waals surface area (Å²) in [6.07, 6.45) is 2.24. The van der Waals surface area contributed by atoms with Crippen LogP contribution < -0.4 is 0 Å². The van der Waals surface area contributed by atoms with Crippen LogP contribution in [0.2, 0.25) is 0 Å². The van der Waals surface area contributed by atoms with E-state index in [-0.39, 0.29) is 5.97 Å². The molecule has 1 fully saturated rings. The molecule has 0 saturated heterocycles. The van der Waals surface area contributed by atoms with Crippen molar-refractivity contribution in [1.29, 1.82) is 0 Å². The maximum Gasteiger partial charge on any atom is 0.333 e. The van der Waals surface area contributed by atoms with Gasteiger partial charge in [0.25, 0.3) is 0 Å². The Morgan fingerprint density at radius 1 is 1.33 bits per heavy atom. The minimum Gasteiger partial charge on any atom is -0.451 e. The lowest BCUT2D eigenvalue weighted by atomic mass is 9.90. The molecular weight excluding hydrogens is 224 g/mol. The Morgan fingerprint density at radius 2 is 1.89 bits per heavy atom. The van der Waals surface area contributed by atoms with E-state index in [1.807, 2.05) is 6.92 Å². The van der Waals surface area contributed by atoms with E-state index < -0.39 is 5.60 Å². The van der Waals surface area contributed by atoms with Gasteiger partial charge in [-0.05, 0) is 39.2 Å². The van der Waals surface area contributed by atoms with Gasteiger partial charge in [0.2, 0.25) is 0 Å².